The fraction of sp³-hybridized carbons (Fsp3) is 0.167. The first-order chi connectivity index (χ1) is 8.38. The normalized spacial score (nSPS) is 10.9. The lowest BCUT2D eigenvalue weighted by Crippen LogP contribution is -2.03. The summed E-state index contributed by atoms with van der Waals surface area (Å²) in [6, 6.07) is 8.13. The maximum atomic E-state index is 5.30. The SMILES string of the molecule is COn1cc(Cn2cncn2)c2ccccc21. The molecule has 1 aromatic carbocycles. The van der Waals surface area contributed by atoms with Crippen LogP contribution in [-0.4, -0.2) is 26.6 Å². The Balaban J connectivity index is 2.10. The number of hydrogen-bond donors (Lipinski definition) is 0. The molecule has 3 aromatic rings. The van der Waals surface area contributed by atoms with E-state index in [1.807, 2.05) is 24.4 Å². The van der Waals surface area contributed by atoms with Crippen molar-refractivity contribution in [2.24, 2.45) is 0 Å². The average Bonchev–Trinajstić information content (AvgIpc) is 2.98. The van der Waals surface area contributed by atoms with E-state index in [1.165, 1.54) is 11.7 Å². The van der Waals surface area contributed by atoms with E-state index in [9.17, 15) is 0 Å². The number of nitrogens with zero attached hydrogens (tertiary/aromatic N) is 4. The summed E-state index contributed by atoms with van der Waals surface area (Å²) in [5, 5.41) is 5.28. The largest absolute Gasteiger partial charge is 0.417 e. The fourth-order valence-electron chi connectivity index (χ4n) is 1.98. The predicted octanol–water partition coefficient (Wildman–Crippen LogP) is 1.34. The van der Waals surface area contributed by atoms with Crippen LogP contribution in [-0.2, 0) is 6.54 Å². The van der Waals surface area contributed by atoms with Crippen molar-refractivity contribution in [2.45, 2.75) is 6.54 Å². The van der Waals surface area contributed by atoms with Gasteiger partial charge in [0.1, 0.15) is 19.8 Å². The number of hydrogen-bond acceptors (Lipinski definition) is 3. The van der Waals surface area contributed by atoms with Crippen LogP contribution in [0.25, 0.3) is 10.9 Å². The van der Waals surface area contributed by atoms with Crippen molar-refractivity contribution in [1.29, 1.82) is 0 Å². The van der Waals surface area contributed by atoms with Crippen LogP contribution in [0.1, 0.15) is 5.56 Å². The summed E-state index contributed by atoms with van der Waals surface area (Å²) < 4.78 is 3.56. The van der Waals surface area contributed by atoms with Crippen molar-refractivity contribution in [3.8, 4) is 0 Å². The average molecular weight is 228 g/mol. The van der Waals surface area contributed by atoms with E-state index in [0.29, 0.717) is 6.54 Å². The van der Waals surface area contributed by atoms with Crippen molar-refractivity contribution in [2.75, 3.05) is 7.11 Å². The molecule has 0 saturated heterocycles. The third-order valence-electron chi connectivity index (χ3n) is 2.76. The molecule has 0 unspecified atom stereocenters. The molecule has 2 aromatic heterocycles. The zero-order valence-corrected chi connectivity index (χ0v) is 9.45. The Hall–Kier alpha value is -2.30. The highest BCUT2D eigenvalue weighted by molar-refractivity contribution is 5.83. The van der Waals surface area contributed by atoms with Crippen molar-refractivity contribution in [3.05, 3.63) is 48.7 Å². The molecule has 0 atom stereocenters. The summed E-state index contributed by atoms with van der Waals surface area (Å²) in [6.07, 6.45) is 5.22. The third kappa shape index (κ3) is 1.65. The van der Waals surface area contributed by atoms with E-state index in [0.717, 1.165) is 11.1 Å². The van der Waals surface area contributed by atoms with Crippen molar-refractivity contribution < 1.29 is 4.84 Å². The van der Waals surface area contributed by atoms with Crippen LogP contribution >= 0.6 is 0 Å². The minimum absolute atomic E-state index is 0.691. The van der Waals surface area contributed by atoms with Crippen LogP contribution in [0.2, 0.25) is 0 Å². The molecule has 86 valence electrons. The lowest BCUT2D eigenvalue weighted by atomic mass is 10.2. The maximum absolute atomic E-state index is 5.30. The number of fused-ring (bicyclic) bond motifs is 1. The van der Waals surface area contributed by atoms with Gasteiger partial charge in [0.25, 0.3) is 0 Å². The lowest BCUT2D eigenvalue weighted by molar-refractivity contribution is 0.179. The summed E-state index contributed by atoms with van der Waals surface area (Å²) in [7, 11) is 1.66. The van der Waals surface area contributed by atoms with Crippen molar-refractivity contribution >= 4 is 10.9 Å². The summed E-state index contributed by atoms with van der Waals surface area (Å²) in [5.41, 5.74) is 2.22. The molecular formula is C12H12N4O. The molecule has 2 heterocycles. The highest BCUT2D eigenvalue weighted by atomic mass is 16.6. The summed E-state index contributed by atoms with van der Waals surface area (Å²) in [6.45, 7) is 0.691. The van der Waals surface area contributed by atoms with Crippen LogP contribution < -0.4 is 4.84 Å². The van der Waals surface area contributed by atoms with Crippen LogP contribution in [0.5, 0.6) is 0 Å². The van der Waals surface area contributed by atoms with Crippen molar-refractivity contribution in [1.82, 2.24) is 19.5 Å². The Labute approximate surface area is 98.2 Å². The lowest BCUT2D eigenvalue weighted by Gasteiger charge is -2.00. The quantitative estimate of drug-likeness (QED) is 0.679. The monoisotopic (exact) mass is 228 g/mol. The molecule has 0 spiro atoms. The van der Waals surface area contributed by atoms with Gasteiger partial charge in [0, 0.05) is 17.1 Å². The number of rotatable bonds is 3. The molecule has 5 heteroatoms. The van der Waals surface area contributed by atoms with Gasteiger partial charge in [-0.3, -0.25) is 0 Å². The van der Waals surface area contributed by atoms with E-state index in [4.69, 9.17) is 4.84 Å². The first-order valence-corrected chi connectivity index (χ1v) is 5.34. The first kappa shape index (κ1) is 9.89. The van der Waals surface area contributed by atoms with Gasteiger partial charge in [-0.1, -0.05) is 18.2 Å². The van der Waals surface area contributed by atoms with Gasteiger partial charge >= 0.3 is 0 Å². The smallest absolute Gasteiger partial charge is 0.137 e. The Bertz CT molecular complexity index is 627. The molecule has 0 bridgehead atoms. The highest BCUT2D eigenvalue weighted by Gasteiger charge is 2.08. The molecule has 0 aliphatic rings. The second-order valence-corrected chi connectivity index (χ2v) is 3.77. The number of aromatic nitrogens is 4. The van der Waals surface area contributed by atoms with Gasteiger partial charge in [0.2, 0.25) is 0 Å². The molecule has 0 saturated carbocycles. The topological polar surface area (TPSA) is 44.9 Å². The van der Waals surface area contributed by atoms with Crippen molar-refractivity contribution in [3.63, 3.8) is 0 Å². The first-order valence-electron chi connectivity index (χ1n) is 5.34. The van der Waals surface area contributed by atoms with E-state index in [1.54, 1.807) is 22.8 Å². The molecule has 0 aliphatic heterocycles. The molecule has 0 fully saturated rings. The second-order valence-electron chi connectivity index (χ2n) is 3.77. The third-order valence-corrected chi connectivity index (χ3v) is 2.76. The van der Waals surface area contributed by atoms with Gasteiger partial charge in [0.15, 0.2) is 0 Å². The predicted molar refractivity (Wildman–Crippen MR) is 63.6 cm³/mol. The minimum Gasteiger partial charge on any atom is -0.417 e. The van der Waals surface area contributed by atoms with E-state index < -0.39 is 0 Å². The zero-order chi connectivity index (χ0) is 11.7. The number of para-hydroxylation sites is 1. The molecule has 0 radical (unpaired) electrons. The molecular weight excluding hydrogens is 216 g/mol. The molecule has 0 N–H and O–H groups in total. The molecule has 3 rings (SSSR count). The molecule has 0 amide bonds. The minimum atomic E-state index is 0.691. The highest BCUT2D eigenvalue weighted by Crippen LogP contribution is 2.20. The molecule has 0 aliphatic carbocycles. The van der Waals surface area contributed by atoms with E-state index in [-0.39, 0.29) is 0 Å². The fourth-order valence-corrected chi connectivity index (χ4v) is 1.98. The maximum Gasteiger partial charge on any atom is 0.137 e. The summed E-state index contributed by atoms with van der Waals surface area (Å²) in [4.78, 5) is 9.24. The van der Waals surface area contributed by atoms with Gasteiger partial charge in [-0.05, 0) is 6.07 Å². The summed E-state index contributed by atoms with van der Waals surface area (Å²) >= 11 is 0. The van der Waals surface area contributed by atoms with Gasteiger partial charge in [-0.15, -0.1) is 0 Å². The molecule has 5 nitrogen and oxygen atoms in total. The Kier molecular flexibility index (Phi) is 2.29. The Morgan fingerprint density at radius 3 is 2.94 bits per heavy atom. The van der Waals surface area contributed by atoms with Crippen LogP contribution in [0, 0.1) is 0 Å². The summed E-state index contributed by atoms with van der Waals surface area (Å²) in [5.74, 6) is 0. The van der Waals surface area contributed by atoms with Gasteiger partial charge in [-0.2, -0.15) is 9.83 Å². The molecule has 17 heavy (non-hydrogen) atoms. The van der Waals surface area contributed by atoms with Gasteiger partial charge in [0.05, 0.1) is 12.1 Å². The van der Waals surface area contributed by atoms with Crippen LogP contribution in [0.15, 0.2) is 43.1 Å². The number of benzene rings is 1. The van der Waals surface area contributed by atoms with E-state index in [2.05, 4.69) is 16.1 Å². The Morgan fingerprint density at radius 1 is 1.29 bits per heavy atom. The van der Waals surface area contributed by atoms with Crippen LogP contribution in [0.4, 0.5) is 0 Å². The van der Waals surface area contributed by atoms with E-state index >= 15 is 0 Å². The second kappa shape index (κ2) is 3.93. The van der Waals surface area contributed by atoms with Gasteiger partial charge in [-0.25, -0.2) is 9.67 Å². The standard InChI is InChI=1S/C12H12N4O/c1-17-16-7-10(6-15-9-13-8-14-15)11-4-2-3-5-12(11)16/h2-5,7-9H,6H2,1H3. The van der Waals surface area contributed by atoms with Gasteiger partial charge < -0.3 is 4.84 Å². The Morgan fingerprint density at radius 2 is 2.18 bits per heavy atom. The van der Waals surface area contributed by atoms with Crippen LogP contribution in [0.3, 0.4) is 0 Å². The zero-order valence-electron chi connectivity index (χ0n) is 9.45.